The third-order valence-electron chi connectivity index (χ3n) is 3.65. The van der Waals surface area contributed by atoms with Crippen molar-refractivity contribution in [3.05, 3.63) is 53.5 Å². The van der Waals surface area contributed by atoms with Gasteiger partial charge < -0.3 is 14.8 Å². The molecule has 25 heavy (non-hydrogen) atoms. The molecule has 0 aliphatic carbocycles. The summed E-state index contributed by atoms with van der Waals surface area (Å²) in [6.45, 7) is 0.851. The molecule has 0 atom stereocenters. The fourth-order valence-corrected chi connectivity index (χ4v) is 3.39. The summed E-state index contributed by atoms with van der Waals surface area (Å²) >= 11 is 1.64. The number of hydrogen-bond acceptors (Lipinski definition) is 5. The van der Waals surface area contributed by atoms with Crippen molar-refractivity contribution < 1.29 is 14.3 Å². The van der Waals surface area contributed by atoms with E-state index >= 15 is 0 Å². The lowest BCUT2D eigenvalue weighted by Gasteiger charge is -2.10. The van der Waals surface area contributed by atoms with Crippen LogP contribution >= 0.6 is 11.3 Å². The van der Waals surface area contributed by atoms with E-state index in [0.29, 0.717) is 37.5 Å². The van der Waals surface area contributed by atoms with Gasteiger partial charge in [0.15, 0.2) is 11.5 Å². The van der Waals surface area contributed by atoms with Crippen LogP contribution in [-0.2, 0) is 11.2 Å². The zero-order valence-corrected chi connectivity index (χ0v) is 14.8. The second kappa shape index (κ2) is 8.48. The van der Waals surface area contributed by atoms with Gasteiger partial charge in [0.05, 0.1) is 28.9 Å². The molecule has 1 N–H and O–H groups in total. The van der Waals surface area contributed by atoms with E-state index in [-0.39, 0.29) is 5.91 Å². The third-order valence-corrected chi connectivity index (χ3v) is 4.75. The molecule has 0 saturated heterocycles. The average molecular weight is 356 g/mol. The molecule has 1 aromatic heterocycles. The van der Waals surface area contributed by atoms with Crippen LogP contribution < -0.4 is 14.8 Å². The number of methoxy groups -OCH3 is 1. The van der Waals surface area contributed by atoms with Crippen LogP contribution in [0.25, 0.3) is 10.2 Å². The van der Waals surface area contributed by atoms with Gasteiger partial charge in [0.1, 0.15) is 6.61 Å². The van der Waals surface area contributed by atoms with E-state index in [2.05, 4.69) is 10.3 Å². The average Bonchev–Trinajstić information content (AvgIpc) is 3.07. The van der Waals surface area contributed by atoms with Crippen molar-refractivity contribution in [1.29, 1.82) is 0 Å². The molecule has 0 saturated carbocycles. The Hall–Kier alpha value is -2.60. The third kappa shape index (κ3) is 4.70. The molecule has 130 valence electrons. The number of ether oxygens (including phenoxy) is 2. The van der Waals surface area contributed by atoms with Crippen molar-refractivity contribution >= 4 is 27.5 Å². The highest BCUT2D eigenvalue weighted by molar-refractivity contribution is 7.18. The predicted molar refractivity (Wildman–Crippen MR) is 99.4 cm³/mol. The summed E-state index contributed by atoms with van der Waals surface area (Å²) in [6.07, 6.45) is 1.08. The number of aromatic nitrogens is 1. The van der Waals surface area contributed by atoms with Gasteiger partial charge in [-0.1, -0.05) is 24.3 Å². The van der Waals surface area contributed by atoms with Crippen LogP contribution in [0.2, 0.25) is 0 Å². The second-order valence-electron chi connectivity index (χ2n) is 5.42. The maximum atomic E-state index is 12.0. The van der Waals surface area contributed by atoms with E-state index in [9.17, 15) is 4.79 Å². The molecule has 2 aromatic carbocycles. The van der Waals surface area contributed by atoms with Gasteiger partial charge in [-0.3, -0.25) is 4.79 Å². The first-order valence-corrected chi connectivity index (χ1v) is 8.95. The highest BCUT2D eigenvalue weighted by atomic mass is 32.1. The van der Waals surface area contributed by atoms with Crippen LogP contribution in [0.1, 0.15) is 11.4 Å². The predicted octanol–water partition coefficient (Wildman–Crippen LogP) is 3.43. The number of aryl methyl sites for hydroxylation is 1. The summed E-state index contributed by atoms with van der Waals surface area (Å²) in [7, 11) is 1.60. The monoisotopic (exact) mass is 356 g/mol. The van der Waals surface area contributed by atoms with Crippen molar-refractivity contribution in [2.24, 2.45) is 0 Å². The van der Waals surface area contributed by atoms with Gasteiger partial charge in [-0.2, -0.15) is 0 Å². The zero-order chi connectivity index (χ0) is 17.5. The topological polar surface area (TPSA) is 60.5 Å². The first-order chi connectivity index (χ1) is 12.3. The molecule has 1 heterocycles. The van der Waals surface area contributed by atoms with E-state index in [1.807, 2.05) is 48.5 Å². The number of nitrogens with zero attached hydrogens (tertiary/aromatic N) is 1. The quantitative estimate of drug-likeness (QED) is 0.628. The lowest BCUT2D eigenvalue weighted by molar-refractivity contribution is -0.121. The number of thiazole rings is 1. The summed E-state index contributed by atoms with van der Waals surface area (Å²) in [4.78, 5) is 16.5. The van der Waals surface area contributed by atoms with E-state index in [0.717, 1.165) is 15.2 Å². The molecule has 5 nitrogen and oxygen atoms in total. The number of carbonyl (C=O) groups excluding carboxylic acids is 1. The lowest BCUT2D eigenvalue weighted by atomic mass is 10.3. The fourth-order valence-electron chi connectivity index (χ4n) is 2.43. The molecular formula is C19H20N2O3S. The Morgan fingerprint density at radius 2 is 1.88 bits per heavy atom. The summed E-state index contributed by atoms with van der Waals surface area (Å²) in [5, 5.41) is 3.85. The van der Waals surface area contributed by atoms with Crippen molar-refractivity contribution in [3.8, 4) is 11.5 Å². The molecule has 1 amide bonds. The van der Waals surface area contributed by atoms with Gasteiger partial charge in [0, 0.05) is 12.8 Å². The molecule has 0 spiro atoms. The maximum Gasteiger partial charge on any atom is 0.220 e. The number of benzene rings is 2. The first kappa shape index (κ1) is 17.2. The molecule has 3 rings (SSSR count). The van der Waals surface area contributed by atoms with Crippen LogP contribution in [0.4, 0.5) is 0 Å². The summed E-state index contributed by atoms with van der Waals surface area (Å²) in [5.74, 6) is 1.36. The van der Waals surface area contributed by atoms with E-state index in [1.54, 1.807) is 18.4 Å². The Morgan fingerprint density at radius 1 is 1.12 bits per heavy atom. The molecule has 0 aliphatic heterocycles. The number of nitrogens with one attached hydrogen (secondary N) is 1. The summed E-state index contributed by atoms with van der Waals surface area (Å²) in [5.41, 5.74) is 0.994. The second-order valence-corrected chi connectivity index (χ2v) is 6.54. The normalized spacial score (nSPS) is 10.6. The SMILES string of the molecule is COc1ccccc1OCCNC(=O)CCc1nc2ccccc2s1. The Labute approximate surface area is 150 Å². The highest BCUT2D eigenvalue weighted by Crippen LogP contribution is 2.25. The number of rotatable bonds is 8. The van der Waals surface area contributed by atoms with Crippen LogP contribution in [-0.4, -0.2) is 31.2 Å². The lowest BCUT2D eigenvalue weighted by Crippen LogP contribution is -2.28. The van der Waals surface area contributed by atoms with Crippen molar-refractivity contribution in [3.63, 3.8) is 0 Å². The van der Waals surface area contributed by atoms with Crippen molar-refractivity contribution in [2.75, 3.05) is 20.3 Å². The number of carbonyl (C=O) groups is 1. The Kier molecular flexibility index (Phi) is 5.85. The minimum Gasteiger partial charge on any atom is -0.493 e. The number of para-hydroxylation sites is 3. The Bertz CT molecular complexity index is 814. The van der Waals surface area contributed by atoms with Crippen LogP contribution in [0, 0.1) is 0 Å². The largest absolute Gasteiger partial charge is 0.493 e. The van der Waals surface area contributed by atoms with Gasteiger partial charge >= 0.3 is 0 Å². The van der Waals surface area contributed by atoms with Crippen LogP contribution in [0.3, 0.4) is 0 Å². The fraction of sp³-hybridized carbons (Fsp3) is 0.263. The molecule has 3 aromatic rings. The molecule has 0 unspecified atom stereocenters. The first-order valence-electron chi connectivity index (χ1n) is 8.13. The van der Waals surface area contributed by atoms with Crippen LogP contribution in [0.5, 0.6) is 11.5 Å². The van der Waals surface area contributed by atoms with E-state index < -0.39 is 0 Å². The van der Waals surface area contributed by atoms with Gasteiger partial charge in [-0.05, 0) is 24.3 Å². The summed E-state index contributed by atoms with van der Waals surface area (Å²) in [6, 6.07) is 15.5. The minimum absolute atomic E-state index is 0.00267. The Morgan fingerprint density at radius 3 is 2.68 bits per heavy atom. The van der Waals surface area contributed by atoms with E-state index in [4.69, 9.17) is 9.47 Å². The molecule has 0 aliphatic rings. The smallest absolute Gasteiger partial charge is 0.220 e. The molecule has 0 fully saturated rings. The van der Waals surface area contributed by atoms with Crippen molar-refractivity contribution in [2.45, 2.75) is 12.8 Å². The maximum absolute atomic E-state index is 12.0. The molecule has 6 heteroatoms. The zero-order valence-electron chi connectivity index (χ0n) is 14.0. The summed E-state index contributed by atoms with van der Waals surface area (Å²) < 4.78 is 12.0. The minimum atomic E-state index is 0.00267. The highest BCUT2D eigenvalue weighted by Gasteiger charge is 2.07. The van der Waals surface area contributed by atoms with Gasteiger partial charge in [-0.25, -0.2) is 4.98 Å². The van der Waals surface area contributed by atoms with E-state index in [1.165, 1.54) is 0 Å². The van der Waals surface area contributed by atoms with Crippen molar-refractivity contribution in [1.82, 2.24) is 10.3 Å². The number of amides is 1. The molecular weight excluding hydrogens is 336 g/mol. The van der Waals surface area contributed by atoms with Gasteiger partial charge in [-0.15, -0.1) is 11.3 Å². The molecule has 0 radical (unpaired) electrons. The van der Waals surface area contributed by atoms with Gasteiger partial charge in [0.25, 0.3) is 0 Å². The number of fused-ring (bicyclic) bond motifs is 1. The van der Waals surface area contributed by atoms with Gasteiger partial charge in [0.2, 0.25) is 5.91 Å². The Balaban J connectivity index is 1.39. The standard InChI is InChI=1S/C19H20N2O3S/c1-23-15-7-3-4-8-16(15)24-13-12-20-18(22)10-11-19-21-14-6-2-5-9-17(14)25-19/h2-9H,10-13H2,1H3,(H,20,22). The number of hydrogen-bond donors (Lipinski definition) is 1. The van der Waals surface area contributed by atoms with Crippen LogP contribution in [0.15, 0.2) is 48.5 Å². The molecule has 0 bridgehead atoms.